The minimum atomic E-state index is 0.297. The van der Waals surface area contributed by atoms with Gasteiger partial charge in [-0.05, 0) is 22.5 Å². The zero-order chi connectivity index (χ0) is 10.8. The van der Waals surface area contributed by atoms with Gasteiger partial charge >= 0.3 is 0 Å². The number of hydrogen-bond donors (Lipinski definition) is 1. The molecule has 78 valence electrons. The summed E-state index contributed by atoms with van der Waals surface area (Å²) < 4.78 is 0. The lowest BCUT2D eigenvalue weighted by Crippen LogP contribution is -2.17. The van der Waals surface area contributed by atoms with Crippen molar-refractivity contribution < 1.29 is 0 Å². The molecule has 1 nitrogen and oxygen atoms in total. The van der Waals surface area contributed by atoms with Crippen molar-refractivity contribution in [2.75, 3.05) is 0 Å². The van der Waals surface area contributed by atoms with Gasteiger partial charge in [-0.25, -0.2) is 0 Å². The van der Waals surface area contributed by atoms with Crippen molar-refractivity contribution in [1.82, 2.24) is 0 Å². The Bertz CT molecular complexity index is 296. The topological polar surface area (TPSA) is 26.0 Å². The molecule has 0 heterocycles. The van der Waals surface area contributed by atoms with Gasteiger partial charge in [0.15, 0.2) is 0 Å². The first-order valence-corrected chi connectivity index (χ1v) is 5.24. The fourth-order valence-corrected chi connectivity index (χ4v) is 1.61. The monoisotopic (exact) mass is 191 g/mol. The van der Waals surface area contributed by atoms with E-state index >= 15 is 0 Å². The van der Waals surface area contributed by atoms with Crippen LogP contribution in [0.1, 0.15) is 44.7 Å². The minimum absolute atomic E-state index is 0.297. The molecule has 0 bridgehead atoms. The maximum atomic E-state index is 5.73. The van der Waals surface area contributed by atoms with Gasteiger partial charge in [-0.3, -0.25) is 0 Å². The van der Waals surface area contributed by atoms with Crippen LogP contribution in [0.2, 0.25) is 0 Å². The van der Waals surface area contributed by atoms with E-state index in [-0.39, 0.29) is 0 Å². The maximum Gasteiger partial charge on any atom is 0.0180 e. The summed E-state index contributed by atoms with van der Waals surface area (Å²) in [5.41, 5.74) is 8.69. The molecule has 0 aliphatic rings. The summed E-state index contributed by atoms with van der Waals surface area (Å²) in [6, 6.07) is 8.47. The first-order valence-electron chi connectivity index (χ1n) is 5.24. The van der Waals surface area contributed by atoms with Crippen LogP contribution in [0, 0.1) is 5.41 Å². The summed E-state index contributed by atoms with van der Waals surface area (Å²) in [5, 5.41) is 0. The molecular formula is C13H21N. The normalized spacial score (nSPS) is 14.1. The lowest BCUT2D eigenvalue weighted by Gasteiger charge is -2.29. The molecule has 0 aliphatic carbocycles. The van der Waals surface area contributed by atoms with E-state index < -0.39 is 0 Å². The van der Waals surface area contributed by atoms with Crippen molar-refractivity contribution in [2.45, 2.75) is 40.2 Å². The van der Waals surface area contributed by atoms with E-state index in [9.17, 15) is 0 Å². The van der Waals surface area contributed by atoms with Crippen LogP contribution >= 0.6 is 0 Å². The summed E-state index contributed by atoms with van der Waals surface area (Å²) in [6.45, 7) is 9.71. The SMILES string of the molecule is CC(c1ccccc1CN)C(C)(C)C. The molecule has 0 saturated heterocycles. The zero-order valence-electron chi connectivity index (χ0n) is 9.67. The standard InChI is InChI=1S/C13H21N/c1-10(13(2,3)4)12-8-6-5-7-11(12)9-14/h5-8,10H,9,14H2,1-4H3. The highest BCUT2D eigenvalue weighted by atomic mass is 14.5. The van der Waals surface area contributed by atoms with Crippen LogP contribution in [-0.4, -0.2) is 0 Å². The largest absolute Gasteiger partial charge is 0.326 e. The maximum absolute atomic E-state index is 5.73. The summed E-state index contributed by atoms with van der Waals surface area (Å²) in [4.78, 5) is 0. The third-order valence-electron chi connectivity index (χ3n) is 3.04. The van der Waals surface area contributed by atoms with Gasteiger partial charge in [-0.1, -0.05) is 52.0 Å². The second-order valence-corrected chi connectivity index (χ2v) is 4.99. The van der Waals surface area contributed by atoms with E-state index in [1.807, 2.05) is 0 Å². The Balaban J connectivity index is 3.06. The third-order valence-corrected chi connectivity index (χ3v) is 3.04. The summed E-state index contributed by atoms with van der Waals surface area (Å²) in [6.07, 6.45) is 0. The van der Waals surface area contributed by atoms with Gasteiger partial charge in [-0.2, -0.15) is 0 Å². The average Bonchev–Trinajstić information content (AvgIpc) is 2.15. The van der Waals surface area contributed by atoms with Crippen molar-refractivity contribution in [3.63, 3.8) is 0 Å². The molecule has 1 aromatic rings. The quantitative estimate of drug-likeness (QED) is 0.762. The van der Waals surface area contributed by atoms with Crippen molar-refractivity contribution in [2.24, 2.45) is 11.1 Å². The molecular weight excluding hydrogens is 170 g/mol. The zero-order valence-corrected chi connectivity index (χ0v) is 9.67. The van der Waals surface area contributed by atoms with Gasteiger partial charge < -0.3 is 5.73 Å². The van der Waals surface area contributed by atoms with Gasteiger partial charge in [0.25, 0.3) is 0 Å². The number of nitrogens with two attached hydrogens (primary N) is 1. The highest BCUT2D eigenvalue weighted by Gasteiger charge is 2.22. The van der Waals surface area contributed by atoms with Crippen molar-refractivity contribution in [3.05, 3.63) is 35.4 Å². The predicted molar refractivity (Wildman–Crippen MR) is 62.2 cm³/mol. The Hall–Kier alpha value is -0.820. The molecule has 0 fully saturated rings. The first-order chi connectivity index (χ1) is 6.46. The molecule has 1 rings (SSSR count). The molecule has 1 atom stereocenters. The second-order valence-electron chi connectivity index (χ2n) is 4.99. The van der Waals surface area contributed by atoms with Gasteiger partial charge in [-0.15, -0.1) is 0 Å². The average molecular weight is 191 g/mol. The van der Waals surface area contributed by atoms with Gasteiger partial charge in [0.05, 0.1) is 0 Å². The van der Waals surface area contributed by atoms with E-state index in [4.69, 9.17) is 5.73 Å². The van der Waals surface area contributed by atoms with E-state index in [0.29, 0.717) is 17.9 Å². The van der Waals surface area contributed by atoms with Gasteiger partial charge in [0, 0.05) is 6.54 Å². The number of rotatable bonds is 2. The summed E-state index contributed by atoms with van der Waals surface area (Å²) in [7, 11) is 0. The Labute approximate surface area is 87.3 Å². The van der Waals surface area contributed by atoms with Crippen LogP contribution in [0.3, 0.4) is 0 Å². The number of benzene rings is 1. The van der Waals surface area contributed by atoms with E-state index in [1.54, 1.807) is 0 Å². The van der Waals surface area contributed by atoms with Gasteiger partial charge in [0.1, 0.15) is 0 Å². The fourth-order valence-electron chi connectivity index (χ4n) is 1.61. The second kappa shape index (κ2) is 4.14. The molecule has 14 heavy (non-hydrogen) atoms. The van der Waals surface area contributed by atoms with Crippen molar-refractivity contribution >= 4 is 0 Å². The van der Waals surface area contributed by atoms with Crippen molar-refractivity contribution in [3.8, 4) is 0 Å². The van der Waals surface area contributed by atoms with Crippen LogP contribution in [0.4, 0.5) is 0 Å². The highest BCUT2D eigenvalue weighted by molar-refractivity contribution is 5.30. The van der Waals surface area contributed by atoms with E-state index in [1.165, 1.54) is 11.1 Å². The van der Waals surface area contributed by atoms with E-state index in [2.05, 4.69) is 52.0 Å². The Morgan fingerprint density at radius 2 is 1.79 bits per heavy atom. The number of hydrogen-bond acceptors (Lipinski definition) is 1. The summed E-state index contributed by atoms with van der Waals surface area (Å²) in [5.74, 6) is 0.544. The third kappa shape index (κ3) is 2.36. The Morgan fingerprint density at radius 3 is 2.29 bits per heavy atom. The fraction of sp³-hybridized carbons (Fsp3) is 0.538. The lowest BCUT2D eigenvalue weighted by atomic mass is 9.76. The molecule has 0 spiro atoms. The minimum Gasteiger partial charge on any atom is -0.326 e. The van der Waals surface area contributed by atoms with E-state index in [0.717, 1.165) is 0 Å². The molecule has 2 N–H and O–H groups in total. The predicted octanol–water partition coefficient (Wildman–Crippen LogP) is 3.29. The Kier molecular flexibility index (Phi) is 3.33. The van der Waals surface area contributed by atoms with Crippen LogP contribution in [0.25, 0.3) is 0 Å². The van der Waals surface area contributed by atoms with Gasteiger partial charge in [0.2, 0.25) is 0 Å². The lowest BCUT2D eigenvalue weighted by molar-refractivity contribution is 0.338. The summed E-state index contributed by atoms with van der Waals surface area (Å²) >= 11 is 0. The molecule has 0 aromatic heterocycles. The molecule has 1 unspecified atom stereocenters. The van der Waals surface area contributed by atoms with Crippen LogP contribution in [0.15, 0.2) is 24.3 Å². The molecule has 0 saturated carbocycles. The highest BCUT2D eigenvalue weighted by Crippen LogP contribution is 2.35. The molecule has 1 heteroatoms. The molecule has 0 amide bonds. The van der Waals surface area contributed by atoms with Crippen molar-refractivity contribution in [1.29, 1.82) is 0 Å². The van der Waals surface area contributed by atoms with Crippen LogP contribution < -0.4 is 5.73 Å². The first kappa shape index (κ1) is 11.3. The van der Waals surface area contributed by atoms with Crippen LogP contribution in [-0.2, 0) is 6.54 Å². The molecule has 1 aromatic carbocycles. The smallest absolute Gasteiger partial charge is 0.0180 e. The van der Waals surface area contributed by atoms with Crippen LogP contribution in [0.5, 0.6) is 0 Å². The Morgan fingerprint density at radius 1 is 1.21 bits per heavy atom. The molecule has 0 aliphatic heterocycles. The molecule has 0 radical (unpaired) electrons.